The molecule has 18 heavy (non-hydrogen) atoms. The Bertz CT molecular complexity index is 303. The zero-order valence-electron chi connectivity index (χ0n) is 11.3. The highest BCUT2D eigenvalue weighted by Gasteiger charge is 2.31. The first-order chi connectivity index (χ1) is 8.58. The summed E-state index contributed by atoms with van der Waals surface area (Å²) in [5.74, 6) is 0. The van der Waals surface area contributed by atoms with E-state index in [-0.39, 0.29) is 18.1 Å². The van der Waals surface area contributed by atoms with Crippen molar-refractivity contribution >= 4 is 6.03 Å². The third kappa shape index (κ3) is 4.31. The Morgan fingerprint density at radius 3 is 2.78 bits per heavy atom. The Balaban J connectivity index is 2.43. The minimum atomic E-state index is -0.713. The van der Waals surface area contributed by atoms with E-state index in [0.717, 1.165) is 25.7 Å². The van der Waals surface area contributed by atoms with Gasteiger partial charge in [0.1, 0.15) is 6.23 Å². The Hall–Kier alpha value is -1.07. The molecule has 0 saturated carbocycles. The fraction of sp³-hybridized carbons (Fsp3) is 0.769. The summed E-state index contributed by atoms with van der Waals surface area (Å²) in [7, 11) is 0. The second-order valence-electron chi connectivity index (χ2n) is 4.79. The summed E-state index contributed by atoms with van der Waals surface area (Å²) in [6, 6.07) is 0.211. The lowest BCUT2D eigenvalue weighted by Gasteiger charge is -2.20. The van der Waals surface area contributed by atoms with Crippen LogP contribution in [0.4, 0.5) is 4.79 Å². The van der Waals surface area contributed by atoms with Crippen LogP contribution in [0.2, 0.25) is 0 Å². The van der Waals surface area contributed by atoms with Gasteiger partial charge in [0, 0.05) is 0 Å². The molecule has 0 radical (unpaired) electrons. The predicted molar refractivity (Wildman–Crippen MR) is 72.0 cm³/mol. The maximum Gasteiger partial charge on any atom is 0.315 e. The zero-order valence-corrected chi connectivity index (χ0v) is 11.3. The van der Waals surface area contributed by atoms with E-state index < -0.39 is 6.23 Å². The maximum absolute atomic E-state index is 11.4. The standard InChI is InChI=1S/C13H25N3O2/c1-3-9(7-5-6-8-11(14)17)12-10(4-2)15-13(18)16-12/h3,10-12,17H,4-8,14H2,1-2H3,(H2,15,16,18)/b9-3+/t10?,11-,12?/m1/s1. The summed E-state index contributed by atoms with van der Waals surface area (Å²) in [6.07, 6.45) is 5.74. The molecule has 1 fully saturated rings. The molecule has 5 nitrogen and oxygen atoms in total. The number of aliphatic hydroxyl groups is 1. The first kappa shape index (κ1) is 15.0. The second-order valence-corrected chi connectivity index (χ2v) is 4.79. The summed E-state index contributed by atoms with van der Waals surface area (Å²) in [5.41, 5.74) is 6.56. The van der Waals surface area contributed by atoms with E-state index in [1.54, 1.807) is 0 Å². The van der Waals surface area contributed by atoms with Crippen LogP contribution in [0.15, 0.2) is 11.6 Å². The van der Waals surface area contributed by atoms with Gasteiger partial charge >= 0.3 is 6.03 Å². The van der Waals surface area contributed by atoms with Gasteiger partial charge in [-0.3, -0.25) is 0 Å². The molecule has 2 amide bonds. The monoisotopic (exact) mass is 255 g/mol. The van der Waals surface area contributed by atoms with Crippen LogP contribution in [-0.4, -0.2) is 29.4 Å². The second kappa shape index (κ2) is 7.38. The van der Waals surface area contributed by atoms with Crippen LogP contribution in [0.5, 0.6) is 0 Å². The van der Waals surface area contributed by atoms with Crippen molar-refractivity contribution in [3.63, 3.8) is 0 Å². The lowest BCUT2D eigenvalue weighted by Crippen LogP contribution is -2.34. The fourth-order valence-corrected chi connectivity index (χ4v) is 2.39. The van der Waals surface area contributed by atoms with Gasteiger partial charge in [0.05, 0.1) is 12.1 Å². The van der Waals surface area contributed by atoms with E-state index >= 15 is 0 Å². The van der Waals surface area contributed by atoms with Gasteiger partial charge in [0.25, 0.3) is 0 Å². The molecule has 0 spiro atoms. The van der Waals surface area contributed by atoms with Crippen molar-refractivity contribution in [3.05, 3.63) is 11.6 Å². The number of aliphatic hydroxyl groups excluding tert-OH is 1. The number of rotatable bonds is 7. The number of nitrogens with two attached hydrogens (primary N) is 1. The van der Waals surface area contributed by atoms with Crippen molar-refractivity contribution in [2.75, 3.05) is 0 Å². The van der Waals surface area contributed by atoms with E-state index in [1.165, 1.54) is 5.57 Å². The third-order valence-corrected chi connectivity index (χ3v) is 3.43. The number of carbonyl (C=O) groups is 1. The molecule has 0 aromatic rings. The number of urea groups is 1. The Morgan fingerprint density at radius 1 is 1.50 bits per heavy atom. The Labute approximate surface area is 109 Å². The molecule has 5 heteroatoms. The van der Waals surface area contributed by atoms with Crippen LogP contribution < -0.4 is 16.4 Å². The van der Waals surface area contributed by atoms with Crippen molar-refractivity contribution in [1.82, 2.24) is 10.6 Å². The molecule has 0 bridgehead atoms. The Kier molecular flexibility index (Phi) is 6.15. The molecule has 2 unspecified atom stereocenters. The van der Waals surface area contributed by atoms with E-state index in [0.29, 0.717) is 6.42 Å². The number of nitrogens with one attached hydrogen (secondary N) is 2. The highest BCUT2D eigenvalue weighted by Crippen LogP contribution is 2.20. The number of carbonyl (C=O) groups excluding carboxylic acids is 1. The molecule has 1 heterocycles. The van der Waals surface area contributed by atoms with Crippen molar-refractivity contribution in [1.29, 1.82) is 0 Å². The Morgan fingerprint density at radius 2 is 2.22 bits per heavy atom. The van der Waals surface area contributed by atoms with Crippen molar-refractivity contribution in [2.24, 2.45) is 5.73 Å². The third-order valence-electron chi connectivity index (χ3n) is 3.43. The SMILES string of the molecule is C/C=C(\CCCC[C@H](N)O)C1NC(=O)NC1CC. The summed E-state index contributed by atoms with van der Waals surface area (Å²) in [5, 5.41) is 14.9. The molecule has 5 N–H and O–H groups in total. The van der Waals surface area contributed by atoms with Crippen molar-refractivity contribution < 1.29 is 9.90 Å². The number of allylic oxidation sites excluding steroid dienone is 1. The average Bonchev–Trinajstić information content (AvgIpc) is 2.70. The first-order valence-electron chi connectivity index (χ1n) is 6.74. The van der Waals surface area contributed by atoms with E-state index in [2.05, 4.69) is 23.6 Å². The van der Waals surface area contributed by atoms with Gasteiger partial charge in [0.2, 0.25) is 0 Å². The predicted octanol–water partition coefficient (Wildman–Crippen LogP) is 1.23. The van der Waals surface area contributed by atoms with E-state index in [4.69, 9.17) is 10.8 Å². The smallest absolute Gasteiger partial charge is 0.315 e. The molecule has 1 aliphatic heterocycles. The zero-order chi connectivity index (χ0) is 13.5. The van der Waals surface area contributed by atoms with Crippen LogP contribution in [0, 0.1) is 0 Å². The topological polar surface area (TPSA) is 87.4 Å². The number of hydrogen-bond acceptors (Lipinski definition) is 3. The van der Waals surface area contributed by atoms with Gasteiger partial charge in [-0.05, 0) is 39.0 Å². The van der Waals surface area contributed by atoms with E-state index in [1.807, 2.05) is 6.92 Å². The maximum atomic E-state index is 11.4. The van der Waals surface area contributed by atoms with Gasteiger partial charge in [-0.2, -0.15) is 0 Å². The highest BCUT2D eigenvalue weighted by atomic mass is 16.3. The molecule has 0 aliphatic carbocycles. The lowest BCUT2D eigenvalue weighted by molar-refractivity contribution is 0.168. The largest absolute Gasteiger partial charge is 0.379 e. The summed E-state index contributed by atoms with van der Waals surface area (Å²) >= 11 is 0. The summed E-state index contributed by atoms with van der Waals surface area (Å²) in [6.45, 7) is 4.08. The fourth-order valence-electron chi connectivity index (χ4n) is 2.39. The normalized spacial score (nSPS) is 25.8. The summed E-state index contributed by atoms with van der Waals surface area (Å²) < 4.78 is 0. The van der Waals surface area contributed by atoms with Crippen molar-refractivity contribution in [3.8, 4) is 0 Å². The molecule has 1 aliphatic rings. The molecule has 0 aromatic heterocycles. The minimum absolute atomic E-state index is 0.0800. The molecule has 104 valence electrons. The molecular weight excluding hydrogens is 230 g/mol. The molecular formula is C13H25N3O2. The average molecular weight is 255 g/mol. The van der Waals surface area contributed by atoms with Gasteiger partial charge in [-0.1, -0.05) is 18.6 Å². The molecule has 3 atom stereocenters. The van der Waals surface area contributed by atoms with Gasteiger partial charge in [-0.15, -0.1) is 0 Å². The lowest BCUT2D eigenvalue weighted by atomic mass is 9.94. The number of unbranched alkanes of at least 4 members (excludes halogenated alkanes) is 1. The number of hydrogen-bond donors (Lipinski definition) is 4. The van der Waals surface area contributed by atoms with E-state index in [9.17, 15) is 4.79 Å². The molecule has 0 aromatic carbocycles. The quantitative estimate of drug-likeness (QED) is 0.313. The van der Waals surface area contributed by atoms with Crippen LogP contribution in [0.25, 0.3) is 0 Å². The minimum Gasteiger partial charge on any atom is -0.379 e. The van der Waals surface area contributed by atoms with Gasteiger partial charge in [0.15, 0.2) is 0 Å². The molecule has 1 saturated heterocycles. The number of amides is 2. The highest BCUT2D eigenvalue weighted by molar-refractivity contribution is 5.78. The van der Waals surface area contributed by atoms with Gasteiger partial charge in [-0.25, -0.2) is 4.79 Å². The van der Waals surface area contributed by atoms with Crippen LogP contribution >= 0.6 is 0 Å². The summed E-state index contributed by atoms with van der Waals surface area (Å²) in [4.78, 5) is 11.4. The van der Waals surface area contributed by atoms with Crippen LogP contribution in [-0.2, 0) is 0 Å². The molecule has 1 rings (SSSR count). The van der Waals surface area contributed by atoms with Gasteiger partial charge < -0.3 is 21.5 Å². The van der Waals surface area contributed by atoms with Crippen LogP contribution in [0.3, 0.4) is 0 Å². The van der Waals surface area contributed by atoms with Crippen molar-refractivity contribution in [2.45, 2.75) is 64.3 Å². The first-order valence-corrected chi connectivity index (χ1v) is 6.74. The van der Waals surface area contributed by atoms with Crippen LogP contribution in [0.1, 0.15) is 46.0 Å².